The maximum absolute atomic E-state index is 6.77. The zero-order valence-corrected chi connectivity index (χ0v) is 34.5. The molecule has 4 aromatic heterocycles. The third-order valence-electron chi connectivity index (χ3n) is 13.3. The van der Waals surface area contributed by atoms with Crippen LogP contribution < -0.4 is 0 Å². The molecule has 4 heteroatoms. The predicted octanol–water partition coefficient (Wildman–Crippen LogP) is 16.7. The van der Waals surface area contributed by atoms with Gasteiger partial charge in [-0.2, -0.15) is 0 Å². The molecule has 0 aliphatic heterocycles. The summed E-state index contributed by atoms with van der Waals surface area (Å²) in [6, 6.07) is 78.5. The summed E-state index contributed by atoms with van der Waals surface area (Å²) in [4.78, 5) is 0. The number of rotatable bonds is 5. The summed E-state index contributed by atoms with van der Waals surface area (Å²) in [5, 5.41) is 9.28. The van der Waals surface area contributed by atoms with Crippen LogP contribution in [0.15, 0.2) is 227 Å². The maximum Gasteiger partial charge on any atom is 0.159 e. The summed E-state index contributed by atoms with van der Waals surface area (Å²) in [7, 11) is 0. The molecule has 64 heavy (non-hydrogen) atoms. The van der Waals surface area contributed by atoms with Crippen molar-refractivity contribution < 1.29 is 8.83 Å². The first kappa shape index (κ1) is 35.0. The van der Waals surface area contributed by atoms with Crippen molar-refractivity contribution in [2.45, 2.75) is 0 Å². The van der Waals surface area contributed by atoms with Crippen molar-refractivity contribution in [3.8, 4) is 44.8 Å². The molecular formula is C60H36N2O2. The third-order valence-corrected chi connectivity index (χ3v) is 13.3. The van der Waals surface area contributed by atoms with Crippen LogP contribution in [-0.4, -0.2) is 9.13 Å². The number of benzene rings is 10. The van der Waals surface area contributed by atoms with E-state index in [0.29, 0.717) is 0 Å². The van der Waals surface area contributed by atoms with Gasteiger partial charge in [-0.3, -0.25) is 0 Å². The smallest absolute Gasteiger partial charge is 0.159 e. The molecule has 0 spiro atoms. The van der Waals surface area contributed by atoms with Crippen LogP contribution in [0.2, 0.25) is 0 Å². The minimum absolute atomic E-state index is 0.868. The fourth-order valence-corrected chi connectivity index (χ4v) is 10.5. The van der Waals surface area contributed by atoms with Crippen LogP contribution in [0.4, 0.5) is 0 Å². The highest BCUT2D eigenvalue weighted by Gasteiger charge is 2.24. The second-order valence-electron chi connectivity index (χ2n) is 16.8. The Kier molecular flexibility index (Phi) is 7.36. The van der Waals surface area contributed by atoms with E-state index in [2.05, 4.69) is 215 Å². The summed E-state index contributed by atoms with van der Waals surface area (Å²) < 4.78 is 18.0. The lowest BCUT2D eigenvalue weighted by Gasteiger charge is -2.11. The first-order valence-electron chi connectivity index (χ1n) is 21.8. The number of hydrogen-bond donors (Lipinski definition) is 0. The minimum atomic E-state index is 0.868. The highest BCUT2D eigenvalue weighted by Crippen LogP contribution is 2.46. The van der Waals surface area contributed by atoms with E-state index in [-0.39, 0.29) is 0 Å². The predicted molar refractivity (Wildman–Crippen MR) is 266 cm³/mol. The van der Waals surface area contributed by atoms with E-state index in [0.717, 1.165) is 82.9 Å². The topological polar surface area (TPSA) is 36.1 Å². The molecule has 0 saturated carbocycles. The van der Waals surface area contributed by atoms with Gasteiger partial charge in [-0.25, -0.2) is 0 Å². The van der Waals surface area contributed by atoms with E-state index in [1.807, 2.05) is 12.1 Å². The van der Waals surface area contributed by atoms with Gasteiger partial charge in [-0.1, -0.05) is 152 Å². The lowest BCUT2D eigenvalue weighted by Crippen LogP contribution is -1.95. The van der Waals surface area contributed by atoms with E-state index in [1.165, 1.54) is 49.3 Å². The van der Waals surface area contributed by atoms with Gasteiger partial charge >= 0.3 is 0 Å². The van der Waals surface area contributed by atoms with Gasteiger partial charge in [0, 0.05) is 48.8 Å². The molecular weight excluding hydrogens is 781 g/mol. The third kappa shape index (κ3) is 5.05. The summed E-state index contributed by atoms with van der Waals surface area (Å²) in [5.41, 5.74) is 17.3. The van der Waals surface area contributed by atoms with Crippen LogP contribution in [0.25, 0.3) is 132 Å². The molecule has 10 aromatic carbocycles. The minimum Gasteiger partial charge on any atom is -0.456 e. The lowest BCUT2D eigenvalue weighted by atomic mass is 9.98. The monoisotopic (exact) mass is 816 g/mol. The molecule has 298 valence electrons. The summed E-state index contributed by atoms with van der Waals surface area (Å²) in [6.07, 6.45) is 0. The SMILES string of the molecule is c1ccc(-c2cccc(-c3ccc(-n4c5ccccc5c5c6c7ccc(-c8cccc9oc%10ccccc%10c89)cc7n(-c7cccc8c7oc7ccccc78)c6ccc54)cc3)c2)cc1. The second-order valence-corrected chi connectivity index (χ2v) is 16.8. The lowest BCUT2D eigenvalue weighted by molar-refractivity contribution is 0.666. The molecule has 0 amide bonds. The van der Waals surface area contributed by atoms with Crippen LogP contribution in [0.3, 0.4) is 0 Å². The first-order valence-corrected chi connectivity index (χ1v) is 21.8. The average Bonchev–Trinajstić information content (AvgIpc) is 4.12. The van der Waals surface area contributed by atoms with Crippen molar-refractivity contribution >= 4 is 87.5 Å². The Morgan fingerprint density at radius 3 is 1.67 bits per heavy atom. The van der Waals surface area contributed by atoms with Gasteiger partial charge in [0.05, 0.1) is 27.8 Å². The van der Waals surface area contributed by atoms with Crippen molar-refractivity contribution in [1.29, 1.82) is 0 Å². The van der Waals surface area contributed by atoms with Gasteiger partial charge in [0.25, 0.3) is 0 Å². The summed E-state index contributed by atoms with van der Waals surface area (Å²) in [6.45, 7) is 0. The Morgan fingerprint density at radius 1 is 0.281 bits per heavy atom. The van der Waals surface area contributed by atoms with Gasteiger partial charge in [0.2, 0.25) is 0 Å². The quantitative estimate of drug-likeness (QED) is 0.173. The molecule has 14 rings (SSSR count). The largest absolute Gasteiger partial charge is 0.456 e. The van der Waals surface area contributed by atoms with Crippen LogP contribution >= 0.6 is 0 Å². The number of furan rings is 2. The van der Waals surface area contributed by atoms with Gasteiger partial charge in [-0.15, -0.1) is 0 Å². The number of fused-ring (bicyclic) bond motifs is 13. The van der Waals surface area contributed by atoms with E-state index in [9.17, 15) is 0 Å². The Balaban J connectivity index is 1.03. The molecule has 14 aromatic rings. The zero-order valence-electron chi connectivity index (χ0n) is 34.5. The molecule has 0 radical (unpaired) electrons. The van der Waals surface area contributed by atoms with Gasteiger partial charge < -0.3 is 18.0 Å². The highest BCUT2D eigenvalue weighted by molar-refractivity contribution is 6.29. The molecule has 4 nitrogen and oxygen atoms in total. The number of para-hydroxylation sites is 4. The Labute approximate surface area is 367 Å². The van der Waals surface area contributed by atoms with Crippen LogP contribution in [0.1, 0.15) is 0 Å². The summed E-state index contributed by atoms with van der Waals surface area (Å²) in [5.74, 6) is 0. The van der Waals surface area contributed by atoms with Crippen molar-refractivity contribution in [3.63, 3.8) is 0 Å². The van der Waals surface area contributed by atoms with E-state index in [4.69, 9.17) is 8.83 Å². The molecule has 0 saturated heterocycles. The molecule has 0 atom stereocenters. The van der Waals surface area contributed by atoms with Crippen molar-refractivity contribution in [2.24, 2.45) is 0 Å². The van der Waals surface area contributed by atoms with Gasteiger partial charge in [0.1, 0.15) is 16.7 Å². The van der Waals surface area contributed by atoms with Crippen molar-refractivity contribution in [3.05, 3.63) is 218 Å². The maximum atomic E-state index is 6.77. The van der Waals surface area contributed by atoms with Crippen LogP contribution in [-0.2, 0) is 0 Å². The van der Waals surface area contributed by atoms with Crippen molar-refractivity contribution in [2.75, 3.05) is 0 Å². The number of hydrogen-bond acceptors (Lipinski definition) is 2. The highest BCUT2D eigenvalue weighted by atomic mass is 16.3. The Bertz CT molecular complexity index is 4180. The molecule has 0 aliphatic rings. The van der Waals surface area contributed by atoms with Crippen molar-refractivity contribution in [1.82, 2.24) is 9.13 Å². The van der Waals surface area contributed by atoms with E-state index >= 15 is 0 Å². The average molecular weight is 817 g/mol. The molecule has 0 N–H and O–H groups in total. The molecule has 0 aliphatic carbocycles. The van der Waals surface area contributed by atoms with Crippen LogP contribution in [0, 0.1) is 0 Å². The van der Waals surface area contributed by atoms with E-state index in [1.54, 1.807) is 0 Å². The fourth-order valence-electron chi connectivity index (χ4n) is 10.5. The molecule has 0 bridgehead atoms. The molecule has 4 heterocycles. The molecule has 0 unspecified atom stereocenters. The number of aromatic nitrogens is 2. The molecule has 0 fully saturated rings. The van der Waals surface area contributed by atoms with Gasteiger partial charge in [0.15, 0.2) is 5.58 Å². The van der Waals surface area contributed by atoms with Gasteiger partial charge in [-0.05, 0) is 100 Å². The normalized spacial score (nSPS) is 12.1. The first-order chi connectivity index (χ1) is 31.7. The Morgan fingerprint density at radius 2 is 0.859 bits per heavy atom. The fraction of sp³-hybridized carbons (Fsp3) is 0. The number of nitrogens with zero attached hydrogens (tertiary/aromatic N) is 2. The standard InChI is InChI=1S/C60H36N2O2/c1-2-13-37(14-3-1)39-15-10-16-40(35-39)38-27-30-42(31-28-38)61-49-22-7-4-18-46(49)58-50(61)33-34-51-59(58)47-32-29-41(43-20-12-26-56-57(43)48-19-6-9-25-55(48)63-56)36-53(47)62(51)52-23-11-21-45-44-17-5-8-24-54(44)64-60(45)52/h1-36H. The van der Waals surface area contributed by atoms with Crippen LogP contribution in [0.5, 0.6) is 0 Å². The second kappa shape index (κ2) is 13.4. The Hall–Kier alpha value is -8.60. The zero-order chi connectivity index (χ0) is 41.9. The summed E-state index contributed by atoms with van der Waals surface area (Å²) >= 11 is 0. The van der Waals surface area contributed by atoms with E-state index < -0.39 is 0 Å².